The minimum atomic E-state index is -1.35. The molecule has 1 atom stereocenters. The molecule has 0 saturated heterocycles. The van der Waals surface area contributed by atoms with Crippen molar-refractivity contribution >= 4 is 40.1 Å². The lowest BCUT2D eigenvalue weighted by Gasteiger charge is -2.39. The predicted octanol–water partition coefficient (Wildman–Crippen LogP) is 4.65. The lowest BCUT2D eigenvalue weighted by molar-refractivity contribution is -0.124. The van der Waals surface area contributed by atoms with Crippen molar-refractivity contribution in [1.82, 2.24) is 20.2 Å². The molecule has 2 saturated carbocycles. The van der Waals surface area contributed by atoms with Gasteiger partial charge in [-0.25, -0.2) is 4.79 Å². The standard InChI is InChI=1S/C27H37N5O4S2/c1-17-6-8-18(9-7-17)24(33)32(22-16-20(14-15-27(2,3)4)37-23(22)25(34)35)19-10-12-21(13-11-19)38(36)26-28-29-30-31(26)5/h16-19,21H,6-13H2,1-5H3,(H,34,35)/t17-,18-,19?,21?,38-/m1/s1. The normalized spacial score (nSPS) is 24.8. The number of tetrazole rings is 1. The number of carbonyl (C=O) groups is 2. The molecular weight excluding hydrogens is 522 g/mol. The fraction of sp³-hybridized carbons (Fsp3) is 0.667. The van der Waals surface area contributed by atoms with Gasteiger partial charge in [-0.2, -0.15) is 4.68 Å². The highest BCUT2D eigenvalue weighted by Gasteiger charge is 2.40. The minimum Gasteiger partial charge on any atom is -0.609 e. The summed E-state index contributed by atoms with van der Waals surface area (Å²) >= 11 is -0.218. The first-order valence-electron chi connectivity index (χ1n) is 13.3. The van der Waals surface area contributed by atoms with Gasteiger partial charge < -0.3 is 14.6 Å². The van der Waals surface area contributed by atoms with E-state index in [0.717, 1.165) is 37.0 Å². The SMILES string of the molecule is Cn1nnnc1[S@+]([O-])C1CCC(N(c2cc(C#CC(C)(C)C)sc2C(=O)O)C(=O)[C@H]2CC[C@H](C)CC2)CC1. The average Bonchev–Trinajstić information content (AvgIpc) is 3.49. The highest BCUT2D eigenvalue weighted by atomic mass is 32.2. The second-order valence-electron chi connectivity index (χ2n) is 11.6. The van der Waals surface area contributed by atoms with Crippen molar-refractivity contribution < 1.29 is 19.2 Å². The molecule has 9 nitrogen and oxygen atoms in total. The fourth-order valence-electron chi connectivity index (χ4n) is 5.28. The summed E-state index contributed by atoms with van der Waals surface area (Å²) in [5, 5.41) is 21.7. The maximum atomic E-state index is 14.1. The van der Waals surface area contributed by atoms with E-state index in [4.69, 9.17) is 0 Å². The molecule has 4 rings (SSSR count). The molecule has 2 aromatic heterocycles. The Morgan fingerprint density at radius 1 is 1.16 bits per heavy atom. The van der Waals surface area contributed by atoms with Crippen LogP contribution in [0.5, 0.6) is 0 Å². The molecule has 2 fully saturated rings. The number of aromatic nitrogens is 4. The maximum Gasteiger partial charge on any atom is 0.361 e. The average molecular weight is 560 g/mol. The summed E-state index contributed by atoms with van der Waals surface area (Å²) in [5.41, 5.74) is 0.222. The summed E-state index contributed by atoms with van der Waals surface area (Å²) in [7, 11) is 1.68. The molecule has 2 aromatic rings. The monoisotopic (exact) mass is 559 g/mol. The molecule has 206 valence electrons. The van der Waals surface area contributed by atoms with Gasteiger partial charge in [-0.3, -0.25) is 4.79 Å². The number of aromatic carboxylic acids is 1. The summed E-state index contributed by atoms with van der Waals surface area (Å²) in [6.45, 7) is 8.23. The number of anilines is 1. The Kier molecular flexibility index (Phi) is 8.85. The largest absolute Gasteiger partial charge is 0.609 e. The van der Waals surface area contributed by atoms with Crippen LogP contribution in [0.2, 0.25) is 0 Å². The van der Waals surface area contributed by atoms with Crippen LogP contribution in [-0.2, 0) is 23.0 Å². The number of amides is 1. The van der Waals surface area contributed by atoms with Gasteiger partial charge in [0.05, 0.1) is 10.6 Å². The topological polar surface area (TPSA) is 124 Å². The Bertz CT molecular complexity index is 1210. The third-order valence-corrected chi connectivity index (χ3v) is 10.2. The van der Waals surface area contributed by atoms with E-state index < -0.39 is 17.1 Å². The van der Waals surface area contributed by atoms with Crippen LogP contribution in [0.15, 0.2) is 11.2 Å². The molecule has 1 amide bonds. The van der Waals surface area contributed by atoms with Crippen molar-refractivity contribution in [3.05, 3.63) is 15.8 Å². The van der Waals surface area contributed by atoms with Crippen LogP contribution in [0.3, 0.4) is 0 Å². The van der Waals surface area contributed by atoms with E-state index in [9.17, 15) is 19.2 Å². The van der Waals surface area contributed by atoms with E-state index >= 15 is 0 Å². The van der Waals surface area contributed by atoms with Crippen LogP contribution in [-0.4, -0.2) is 53.0 Å². The fourth-order valence-corrected chi connectivity index (χ4v) is 7.54. The van der Waals surface area contributed by atoms with Gasteiger partial charge in [0.25, 0.3) is 0 Å². The Labute approximate surface area is 231 Å². The van der Waals surface area contributed by atoms with Crippen LogP contribution in [0.1, 0.15) is 93.6 Å². The Hall–Kier alpha value is -2.42. The van der Waals surface area contributed by atoms with Crippen LogP contribution >= 0.6 is 11.3 Å². The summed E-state index contributed by atoms with van der Waals surface area (Å²) in [4.78, 5) is 29.0. The first-order chi connectivity index (χ1) is 17.9. The zero-order valence-corrected chi connectivity index (χ0v) is 24.4. The lowest BCUT2D eigenvalue weighted by atomic mass is 9.81. The number of hydrogen-bond acceptors (Lipinski definition) is 7. The number of rotatable bonds is 6. The van der Waals surface area contributed by atoms with E-state index in [0.29, 0.717) is 47.3 Å². The molecule has 2 aliphatic rings. The molecule has 1 N–H and O–H groups in total. The molecule has 38 heavy (non-hydrogen) atoms. The van der Waals surface area contributed by atoms with Gasteiger partial charge in [0.2, 0.25) is 5.91 Å². The van der Waals surface area contributed by atoms with Crippen LogP contribution in [0.25, 0.3) is 0 Å². The molecule has 0 radical (unpaired) electrons. The highest BCUT2D eigenvalue weighted by Crippen LogP contribution is 2.40. The van der Waals surface area contributed by atoms with Gasteiger partial charge in [-0.15, -0.1) is 11.3 Å². The molecule has 2 aliphatic carbocycles. The summed E-state index contributed by atoms with van der Waals surface area (Å²) in [6.07, 6.45) is 6.18. The molecule has 11 heteroatoms. The molecule has 0 unspecified atom stereocenters. The predicted molar refractivity (Wildman–Crippen MR) is 147 cm³/mol. The van der Waals surface area contributed by atoms with Gasteiger partial charge in [0.15, 0.2) is 0 Å². The molecule has 0 spiro atoms. The zero-order chi connectivity index (χ0) is 27.6. The molecule has 2 heterocycles. The Balaban J connectivity index is 1.63. The molecule has 0 aliphatic heterocycles. The molecule has 0 bridgehead atoms. The number of carboxylic acid groups (broad SMARTS) is 1. The summed E-state index contributed by atoms with van der Waals surface area (Å²) < 4.78 is 14.6. The highest BCUT2D eigenvalue weighted by molar-refractivity contribution is 7.91. The summed E-state index contributed by atoms with van der Waals surface area (Å²) in [6, 6.07) is 1.62. The van der Waals surface area contributed by atoms with Crippen molar-refractivity contribution in [2.45, 2.75) is 95.5 Å². The van der Waals surface area contributed by atoms with Crippen LogP contribution < -0.4 is 4.90 Å². The van der Waals surface area contributed by atoms with Crippen molar-refractivity contribution in [2.75, 3.05) is 4.90 Å². The van der Waals surface area contributed by atoms with Crippen molar-refractivity contribution in [3.8, 4) is 11.8 Å². The zero-order valence-electron chi connectivity index (χ0n) is 22.8. The maximum absolute atomic E-state index is 14.1. The number of carboxylic acids is 1. The van der Waals surface area contributed by atoms with Gasteiger partial charge in [-0.1, -0.05) is 23.9 Å². The number of aryl methyl sites for hydroxylation is 1. The van der Waals surface area contributed by atoms with Crippen molar-refractivity contribution in [2.24, 2.45) is 24.3 Å². The van der Waals surface area contributed by atoms with E-state index in [2.05, 4.69) is 34.3 Å². The van der Waals surface area contributed by atoms with E-state index in [-0.39, 0.29) is 33.4 Å². The Morgan fingerprint density at radius 3 is 2.37 bits per heavy atom. The summed E-state index contributed by atoms with van der Waals surface area (Å²) in [5.74, 6) is 5.76. The number of thiophene rings is 1. The van der Waals surface area contributed by atoms with Gasteiger partial charge in [0.1, 0.15) is 10.1 Å². The molecular formula is C27H37N5O4S2. The van der Waals surface area contributed by atoms with Gasteiger partial charge in [-0.05, 0) is 94.5 Å². The third kappa shape index (κ3) is 6.58. The quantitative estimate of drug-likeness (QED) is 0.404. The van der Waals surface area contributed by atoms with Crippen molar-refractivity contribution in [1.29, 1.82) is 0 Å². The second-order valence-corrected chi connectivity index (χ2v) is 14.3. The number of nitrogens with zero attached hydrogens (tertiary/aromatic N) is 5. The molecule has 0 aromatic carbocycles. The lowest BCUT2D eigenvalue weighted by Crippen LogP contribution is -2.47. The minimum absolute atomic E-state index is 0.00889. The van der Waals surface area contributed by atoms with Crippen LogP contribution in [0.4, 0.5) is 5.69 Å². The van der Waals surface area contributed by atoms with Crippen LogP contribution in [0, 0.1) is 29.1 Å². The third-order valence-electron chi connectivity index (χ3n) is 7.40. The smallest absolute Gasteiger partial charge is 0.361 e. The Morgan fingerprint density at radius 2 is 1.82 bits per heavy atom. The second kappa shape index (κ2) is 11.8. The number of hydrogen-bond donors (Lipinski definition) is 1. The van der Waals surface area contributed by atoms with E-state index in [1.165, 1.54) is 4.68 Å². The first-order valence-corrected chi connectivity index (χ1v) is 15.3. The van der Waals surface area contributed by atoms with E-state index in [1.807, 2.05) is 20.8 Å². The van der Waals surface area contributed by atoms with Gasteiger partial charge in [0, 0.05) is 35.6 Å². The first kappa shape index (κ1) is 28.6. The van der Waals surface area contributed by atoms with Crippen molar-refractivity contribution in [3.63, 3.8) is 0 Å². The van der Waals surface area contributed by atoms with E-state index in [1.54, 1.807) is 18.0 Å². The number of carbonyl (C=O) groups excluding carboxylic acids is 1. The van der Waals surface area contributed by atoms with Gasteiger partial charge >= 0.3 is 11.1 Å².